The number of nitrogens with one attached hydrogen (secondary N) is 1. The predicted octanol–water partition coefficient (Wildman–Crippen LogP) is 1.97. The van der Waals surface area contributed by atoms with E-state index < -0.39 is 5.97 Å². The summed E-state index contributed by atoms with van der Waals surface area (Å²) in [5.74, 6) is -0.469. The van der Waals surface area contributed by atoms with Crippen LogP contribution in [-0.2, 0) is 11.2 Å². The number of carboxylic acids is 1. The highest BCUT2D eigenvalue weighted by molar-refractivity contribution is 5.70. The summed E-state index contributed by atoms with van der Waals surface area (Å²) in [6, 6.07) is 6.80. The number of hydrogen-bond acceptors (Lipinski definition) is 4. The Hall–Kier alpha value is -2.89. The Bertz CT molecular complexity index is 778. The van der Waals surface area contributed by atoms with Gasteiger partial charge in [-0.1, -0.05) is 18.2 Å². The molecule has 0 amide bonds. The number of aryl methyl sites for hydroxylation is 1. The number of rotatable bonds is 5. The summed E-state index contributed by atoms with van der Waals surface area (Å²) < 4.78 is 0. The fraction of sp³-hybridized carbons (Fsp3) is 0.188. The summed E-state index contributed by atoms with van der Waals surface area (Å²) in [7, 11) is 0. The summed E-state index contributed by atoms with van der Waals surface area (Å²) >= 11 is 0. The summed E-state index contributed by atoms with van der Waals surface area (Å²) in [6.45, 7) is 1.67. The van der Waals surface area contributed by atoms with Crippen molar-refractivity contribution in [1.82, 2.24) is 9.97 Å². The number of aromatic nitrogens is 2. The van der Waals surface area contributed by atoms with Crippen LogP contribution in [0.15, 0.2) is 29.1 Å². The number of nitrogens with zero attached hydrogens (tertiary/aromatic N) is 1. The minimum absolute atomic E-state index is 0.112. The zero-order chi connectivity index (χ0) is 16.1. The summed E-state index contributed by atoms with van der Waals surface area (Å²) in [5, 5.41) is 18.3. The normalized spacial score (nSPS) is 11.0. The molecule has 2 aromatic rings. The van der Waals surface area contributed by atoms with Crippen molar-refractivity contribution in [3.63, 3.8) is 0 Å². The maximum atomic E-state index is 12.0. The second-order valence-electron chi connectivity index (χ2n) is 4.80. The molecule has 0 aliphatic heterocycles. The predicted molar refractivity (Wildman–Crippen MR) is 82.6 cm³/mol. The third kappa shape index (κ3) is 3.82. The van der Waals surface area contributed by atoms with Crippen molar-refractivity contribution >= 4 is 18.1 Å². The monoisotopic (exact) mass is 300 g/mol. The van der Waals surface area contributed by atoms with E-state index in [-0.39, 0.29) is 24.2 Å². The first kappa shape index (κ1) is 15.5. The molecular weight excluding hydrogens is 284 g/mol. The lowest BCUT2D eigenvalue weighted by Crippen LogP contribution is -2.18. The second-order valence-corrected chi connectivity index (χ2v) is 4.80. The van der Waals surface area contributed by atoms with E-state index in [0.717, 1.165) is 0 Å². The van der Waals surface area contributed by atoms with Crippen LogP contribution < -0.4 is 5.56 Å². The molecule has 3 N–H and O–H groups in total. The Morgan fingerprint density at radius 2 is 2.05 bits per heavy atom. The quantitative estimate of drug-likeness (QED) is 0.783. The van der Waals surface area contributed by atoms with E-state index in [1.165, 1.54) is 0 Å². The molecule has 6 heteroatoms. The lowest BCUT2D eigenvalue weighted by molar-refractivity contribution is -0.136. The van der Waals surface area contributed by atoms with Crippen LogP contribution in [0.4, 0.5) is 0 Å². The molecule has 114 valence electrons. The number of phenolic OH excluding ortho intramolecular Hbond substituents is 1. The Labute approximate surface area is 126 Å². The lowest BCUT2D eigenvalue weighted by Gasteiger charge is -2.04. The highest BCUT2D eigenvalue weighted by Gasteiger charge is 2.09. The Balaban J connectivity index is 2.25. The summed E-state index contributed by atoms with van der Waals surface area (Å²) in [6.07, 6.45) is 3.26. The molecule has 1 aromatic heterocycles. The summed E-state index contributed by atoms with van der Waals surface area (Å²) in [5.41, 5.74) is 1.15. The number of carbonyl (C=O) groups is 1. The number of hydrogen-bond donors (Lipinski definition) is 3. The molecular formula is C16H16N2O4. The third-order valence-electron chi connectivity index (χ3n) is 3.19. The Morgan fingerprint density at radius 1 is 1.32 bits per heavy atom. The molecule has 6 nitrogen and oxygen atoms in total. The van der Waals surface area contributed by atoms with E-state index >= 15 is 0 Å². The number of H-pyrrole nitrogens is 1. The van der Waals surface area contributed by atoms with Crippen LogP contribution >= 0.6 is 0 Å². The average Bonchev–Trinajstić information content (AvgIpc) is 2.45. The third-order valence-corrected chi connectivity index (χ3v) is 3.19. The molecule has 0 saturated carbocycles. The molecule has 1 heterocycles. The number of phenols is 1. The van der Waals surface area contributed by atoms with Gasteiger partial charge in [0, 0.05) is 23.2 Å². The number of aromatic amines is 1. The zero-order valence-electron chi connectivity index (χ0n) is 12.0. The van der Waals surface area contributed by atoms with E-state index in [1.54, 1.807) is 43.3 Å². The van der Waals surface area contributed by atoms with Crippen LogP contribution in [0, 0.1) is 6.92 Å². The Morgan fingerprint density at radius 3 is 2.68 bits per heavy atom. The van der Waals surface area contributed by atoms with E-state index in [0.29, 0.717) is 22.6 Å². The number of para-hydroxylation sites is 1. The lowest BCUT2D eigenvalue weighted by atomic mass is 10.1. The fourth-order valence-corrected chi connectivity index (χ4v) is 2.03. The first-order chi connectivity index (χ1) is 10.5. The van der Waals surface area contributed by atoms with Crippen LogP contribution in [-0.4, -0.2) is 26.2 Å². The van der Waals surface area contributed by atoms with Gasteiger partial charge in [-0.25, -0.2) is 4.98 Å². The van der Waals surface area contributed by atoms with Crippen LogP contribution in [0.2, 0.25) is 0 Å². The molecule has 1 aromatic carbocycles. The van der Waals surface area contributed by atoms with Gasteiger partial charge >= 0.3 is 5.97 Å². The highest BCUT2D eigenvalue weighted by Crippen LogP contribution is 2.17. The highest BCUT2D eigenvalue weighted by atomic mass is 16.4. The van der Waals surface area contributed by atoms with Gasteiger partial charge in [0.25, 0.3) is 5.56 Å². The van der Waals surface area contributed by atoms with Crippen molar-refractivity contribution in [2.24, 2.45) is 0 Å². The van der Waals surface area contributed by atoms with Crippen LogP contribution in [0.5, 0.6) is 5.75 Å². The molecule has 0 atom stereocenters. The van der Waals surface area contributed by atoms with Gasteiger partial charge < -0.3 is 15.2 Å². The van der Waals surface area contributed by atoms with Gasteiger partial charge in [0.15, 0.2) is 0 Å². The fourth-order valence-electron chi connectivity index (χ4n) is 2.03. The molecule has 0 bridgehead atoms. The van der Waals surface area contributed by atoms with E-state index in [4.69, 9.17) is 5.11 Å². The number of aliphatic carboxylic acids is 1. The molecule has 0 saturated heterocycles. The average molecular weight is 300 g/mol. The number of carboxylic acid groups (broad SMARTS) is 1. The molecule has 0 spiro atoms. The van der Waals surface area contributed by atoms with Crippen molar-refractivity contribution < 1.29 is 15.0 Å². The van der Waals surface area contributed by atoms with Gasteiger partial charge in [0.05, 0.1) is 0 Å². The van der Waals surface area contributed by atoms with Crippen LogP contribution in [0.3, 0.4) is 0 Å². The van der Waals surface area contributed by atoms with Crippen molar-refractivity contribution in [2.45, 2.75) is 19.8 Å². The molecule has 2 rings (SSSR count). The maximum absolute atomic E-state index is 12.0. The van der Waals surface area contributed by atoms with Gasteiger partial charge in [0.1, 0.15) is 11.6 Å². The number of benzene rings is 1. The number of aromatic hydroxyl groups is 1. The van der Waals surface area contributed by atoms with Gasteiger partial charge in [0.2, 0.25) is 0 Å². The smallest absolute Gasteiger partial charge is 0.303 e. The second kappa shape index (κ2) is 6.71. The van der Waals surface area contributed by atoms with Crippen molar-refractivity contribution in [2.75, 3.05) is 0 Å². The zero-order valence-corrected chi connectivity index (χ0v) is 12.0. The van der Waals surface area contributed by atoms with Crippen molar-refractivity contribution in [3.8, 4) is 5.75 Å². The van der Waals surface area contributed by atoms with Crippen LogP contribution in [0.25, 0.3) is 12.2 Å². The maximum Gasteiger partial charge on any atom is 0.303 e. The SMILES string of the molecule is Cc1nc(/C=C/c2ccccc2O)[nH]c(=O)c1CCC(=O)O. The van der Waals surface area contributed by atoms with Crippen molar-refractivity contribution in [3.05, 3.63) is 57.3 Å². The minimum atomic E-state index is -0.956. The van der Waals surface area contributed by atoms with Gasteiger partial charge in [-0.05, 0) is 31.6 Å². The van der Waals surface area contributed by atoms with Gasteiger partial charge in [-0.2, -0.15) is 0 Å². The van der Waals surface area contributed by atoms with E-state index in [1.807, 2.05) is 0 Å². The topological polar surface area (TPSA) is 103 Å². The Kier molecular flexibility index (Phi) is 4.73. The molecule has 0 aliphatic rings. The van der Waals surface area contributed by atoms with Crippen molar-refractivity contribution in [1.29, 1.82) is 0 Å². The molecule has 0 aliphatic carbocycles. The molecule has 0 radical (unpaired) electrons. The molecule has 22 heavy (non-hydrogen) atoms. The first-order valence-electron chi connectivity index (χ1n) is 6.75. The van der Waals surface area contributed by atoms with Gasteiger partial charge in [-0.3, -0.25) is 9.59 Å². The summed E-state index contributed by atoms with van der Waals surface area (Å²) in [4.78, 5) is 29.4. The standard InChI is InChI=1S/C16H16N2O4/c1-10-12(7-9-15(20)21)16(22)18-14(17-10)8-6-11-4-2-3-5-13(11)19/h2-6,8,19H,7,9H2,1H3,(H,20,21)(H,17,18,22)/b8-6+. The molecule has 0 unspecified atom stereocenters. The molecule has 0 fully saturated rings. The largest absolute Gasteiger partial charge is 0.507 e. The minimum Gasteiger partial charge on any atom is -0.507 e. The van der Waals surface area contributed by atoms with Crippen LogP contribution in [0.1, 0.15) is 29.1 Å². The van der Waals surface area contributed by atoms with E-state index in [2.05, 4.69) is 9.97 Å². The van der Waals surface area contributed by atoms with Gasteiger partial charge in [-0.15, -0.1) is 0 Å². The van der Waals surface area contributed by atoms with E-state index in [9.17, 15) is 14.7 Å². The first-order valence-corrected chi connectivity index (χ1v) is 6.75.